The van der Waals surface area contributed by atoms with Crippen LogP contribution in [0, 0.1) is 5.92 Å². The maximum absolute atomic E-state index is 12.5. The molecule has 1 atom stereocenters. The van der Waals surface area contributed by atoms with Gasteiger partial charge in [-0.15, -0.1) is 0 Å². The maximum Gasteiger partial charge on any atom is 0.331 e. The Bertz CT molecular complexity index is 860. The van der Waals surface area contributed by atoms with E-state index in [0.29, 0.717) is 18.8 Å². The Morgan fingerprint density at radius 2 is 2.00 bits per heavy atom. The Morgan fingerprint density at radius 1 is 1.30 bits per heavy atom. The molecule has 1 unspecified atom stereocenters. The Balaban J connectivity index is 1.61. The van der Waals surface area contributed by atoms with E-state index in [0.717, 1.165) is 5.56 Å². The number of carbonyl (C=O) groups is 3. The SMILES string of the molecule is CC(C)(C(=O)O)n1cc(NC(=O)C2CC(=O)N(Cc3ccccc3)C2)cn1. The van der Waals surface area contributed by atoms with E-state index >= 15 is 0 Å². The van der Waals surface area contributed by atoms with Gasteiger partial charge in [0, 0.05) is 25.7 Å². The molecule has 8 heteroatoms. The number of aliphatic carboxylic acids is 1. The highest BCUT2D eigenvalue weighted by Crippen LogP contribution is 2.23. The van der Waals surface area contributed by atoms with Crippen molar-refractivity contribution in [3.63, 3.8) is 0 Å². The summed E-state index contributed by atoms with van der Waals surface area (Å²) in [5.74, 6) is -1.80. The van der Waals surface area contributed by atoms with Crippen LogP contribution < -0.4 is 5.32 Å². The molecule has 1 aliphatic heterocycles. The second kappa shape index (κ2) is 7.22. The predicted octanol–water partition coefficient (Wildman–Crippen LogP) is 1.69. The van der Waals surface area contributed by atoms with Gasteiger partial charge in [0.2, 0.25) is 11.8 Å². The number of carbonyl (C=O) groups excluding carboxylic acids is 2. The minimum Gasteiger partial charge on any atom is -0.479 e. The first-order chi connectivity index (χ1) is 12.8. The average molecular weight is 370 g/mol. The second-order valence-electron chi connectivity index (χ2n) is 7.19. The zero-order valence-electron chi connectivity index (χ0n) is 15.3. The monoisotopic (exact) mass is 370 g/mol. The number of anilines is 1. The van der Waals surface area contributed by atoms with Gasteiger partial charge in [0.15, 0.2) is 5.54 Å². The van der Waals surface area contributed by atoms with Gasteiger partial charge in [0.1, 0.15) is 0 Å². The van der Waals surface area contributed by atoms with Crippen LogP contribution in [0.3, 0.4) is 0 Å². The van der Waals surface area contributed by atoms with Crippen LogP contribution in [-0.4, -0.2) is 44.1 Å². The molecule has 0 bridgehead atoms. The largest absolute Gasteiger partial charge is 0.479 e. The molecule has 1 fully saturated rings. The van der Waals surface area contributed by atoms with Gasteiger partial charge in [-0.1, -0.05) is 30.3 Å². The van der Waals surface area contributed by atoms with Crippen molar-refractivity contribution in [2.75, 3.05) is 11.9 Å². The van der Waals surface area contributed by atoms with Crippen molar-refractivity contribution in [1.29, 1.82) is 0 Å². The standard InChI is InChI=1S/C19H22N4O4/c1-19(2,18(26)27)23-12-15(9-20-23)21-17(25)14-8-16(24)22(11-14)10-13-6-4-3-5-7-13/h3-7,9,12,14H,8,10-11H2,1-2H3,(H,21,25)(H,26,27). The molecule has 1 saturated heterocycles. The van der Waals surface area contributed by atoms with Gasteiger partial charge in [0.25, 0.3) is 0 Å². The van der Waals surface area contributed by atoms with E-state index in [1.54, 1.807) is 4.90 Å². The molecule has 0 radical (unpaired) electrons. The van der Waals surface area contributed by atoms with Gasteiger partial charge < -0.3 is 15.3 Å². The first-order valence-corrected chi connectivity index (χ1v) is 8.68. The topological polar surface area (TPSA) is 105 Å². The number of nitrogens with one attached hydrogen (secondary N) is 1. The van der Waals surface area contributed by atoms with Gasteiger partial charge in [-0.3, -0.25) is 14.3 Å². The molecule has 2 heterocycles. The summed E-state index contributed by atoms with van der Waals surface area (Å²) in [6.45, 7) is 3.87. The molecule has 27 heavy (non-hydrogen) atoms. The van der Waals surface area contributed by atoms with E-state index in [4.69, 9.17) is 0 Å². The number of carboxylic acid groups (broad SMARTS) is 1. The summed E-state index contributed by atoms with van der Waals surface area (Å²) in [6.07, 6.45) is 3.04. The summed E-state index contributed by atoms with van der Waals surface area (Å²) in [7, 11) is 0. The van der Waals surface area contributed by atoms with E-state index < -0.39 is 17.4 Å². The number of hydrogen-bond acceptors (Lipinski definition) is 4. The summed E-state index contributed by atoms with van der Waals surface area (Å²) in [4.78, 5) is 37.7. The zero-order chi connectivity index (χ0) is 19.6. The Morgan fingerprint density at radius 3 is 2.67 bits per heavy atom. The summed E-state index contributed by atoms with van der Waals surface area (Å²) in [5, 5.41) is 16.0. The van der Waals surface area contributed by atoms with Crippen molar-refractivity contribution < 1.29 is 19.5 Å². The normalized spacial score (nSPS) is 17.2. The van der Waals surface area contributed by atoms with E-state index in [2.05, 4.69) is 10.4 Å². The zero-order valence-corrected chi connectivity index (χ0v) is 15.3. The first-order valence-electron chi connectivity index (χ1n) is 8.68. The number of aromatic nitrogens is 2. The molecule has 142 valence electrons. The molecule has 0 aliphatic carbocycles. The number of hydrogen-bond donors (Lipinski definition) is 2. The molecule has 2 amide bonds. The quantitative estimate of drug-likeness (QED) is 0.805. The molecular formula is C19H22N4O4. The minimum absolute atomic E-state index is 0.0540. The van der Waals surface area contributed by atoms with Crippen molar-refractivity contribution >= 4 is 23.5 Å². The van der Waals surface area contributed by atoms with E-state index in [9.17, 15) is 19.5 Å². The molecule has 2 aromatic rings. The number of amides is 2. The molecule has 3 rings (SSSR count). The number of rotatable bonds is 6. The molecule has 1 aliphatic rings. The van der Waals surface area contributed by atoms with E-state index in [-0.39, 0.29) is 18.2 Å². The number of likely N-dealkylation sites (tertiary alicyclic amines) is 1. The van der Waals surface area contributed by atoms with Crippen LogP contribution in [-0.2, 0) is 26.5 Å². The van der Waals surface area contributed by atoms with Crippen molar-refractivity contribution in [1.82, 2.24) is 14.7 Å². The third-order valence-electron chi connectivity index (χ3n) is 4.75. The lowest BCUT2D eigenvalue weighted by molar-refractivity contribution is -0.146. The lowest BCUT2D eigenvalue weighted by atomic mass is 10.1. The third-order valence-corrected chi connectivity index (χ3v) is 4.75. The van der Waals surface area contributed by atoms with Crippen molar-refractivity contribution in [2.24, 2.45) is 5.92 Å². The third kappa shape index (κ3) is 3.99. The van der Waals surface area contributed by atoms with Gasteiger partial charge in [-0.25, -0.2) is 4.79 Å². The fourth-order valence-electron chi connectivity index (χ4n) is 2.94. The van der Waals surface area contributed by atoms with Crippen molar-refractivity contribution in [3.8, 4) is 0 Å². The summed E-state index contributed by atoms with van der Waals surface area (Å²) >= 11 is 0. The molecule has 0 saturated carbocycles. The van der Waals surface area contributed by atoms with Crippen LogP contribution in [0.5, 0.6) is 0 Å². The lowest BCUT2D eigenvalue weighted by Gasteiger charge is -2.19. The van der Waals surface area contributed by atoms with Gasteiger partial charge >= 0.3 is 5.97 Å². The summed E-state index contributed by atoms with van der Waals surface area (Å²) in [6, 6.07) is 9.63. The molecule has 8 nitrogen and oxygen atoms in total. The maximum atomic E-state index is 12.5. The van der Waals surface area contributed by atoms with Gasteiger partial charge in [0.05, 0.1) is 17.8 Å². The van der Waals surface area contributed by atoms with E-state index in [1.165, 1.54) is 30.9 Å². The van der Waals surface area contributed by atoms with E-state index in [1.807, 2.05) is 30.3 Å². The van der Waals surface area contributed by atoms with Gasteiger partial charge in [-0.05, 0) is 19.4 Å². The summed E-state index contributed by atoms with van der Waals surface area (Å²) < 4.78 is 1.28. The second-order valence-corrected chi connectivity index (χ2v) is 7.19. The predicted molar refractivity (Wildman–Crippen MR) is 97.8 cm³/mol. The molecule has 1 aromatic heterocycles. The van der Waals surface area contributed by atoms with Crippen LogP contribution in [0.25, 0.3) is 0 Å². The van der Waals surface area contributed by atoms with Crippen LogP contribution in [0.1, 0.15) is 25.8 Å². The Labute approximate surface area is 156 Å². The highest BCUT2D eigenvalue weighted by molar-refractivity contribution is 5.97. The van der Waals surface area contributed by atoms with Crippen molar-refractivity contribution in [2.45, 2.75) is 32.4 Å². The summed E-state index contributed by atoms with van der Waals surface area (Å²) in [5.41, 5.74) is 0.200. The fourth-order valence-corrected chi connectivity index (χ4v) is 2.94. The highest BCUT2D eigenvalue weighted by Gasteiger charge is 2.35. The molecule has 2 N–H and O–H groups in total. The number of nitrogens with zero attached hydrogens (tertiary/aromatic N) is 3. The Kier molecular flexibility index (Phi) is 4.98. The van der Waals surface area contributed by atoms with Crippen molar-refractivity contribution in [3.05, 3.63) is 48.3 Å². The van der Waals surface area contributed by atoms with Gasteiger partial charge in [-0.2, -0.15) is 5.10 Å². The van der Waals surface area contributed by atoms with Crippen LogP contribution in [0.15, 0.2) is 42.7 Å². The molecule has 1 aromatic carbocycles. The number of carboxylic acids is 1. The smallest absolute Gasteiger partial charge is 0.331 e. The molecule has 0 spiro atoms. The van der Waals surface area contributed by atoms with Crippen LogP contribution in [0.2, 0.25) is 0 Å². The average Bonchev–Trinajstić information content (AvgIpc) is 3.23. The minimum atomic E-state index is -1.22. The fraction of sp³-hybridized carbons (Fsp3) is 0.368. The Hall–Kier alpha value is -3.16. The highest BCUT2D eigenvalue weighted by atomic mass is 16.4. The number of benzene rings is 1. The van der Waals surface area contributed by atoms with Crippen LogP contribution >= 0.6 is 0 Å². The molecular weight excluding hydrogens is 348 g/mol. The van der Waals surface area contributed by atoms with Crippen LogP contribution in [0.4, 0.5) is 5.69 Å². The lowest BCUT2D eigenvalue weighted by Crippen LogP contribution is -2.36. The first kappa shape index (κ1) is 18.6.